The number of hydrogen-bond donors (Lipinski definition) is 2. The maximum Gasteiger partial charge on any atom is 0.234 e. The first-order valence-electron chi connectivity index (χ1n) is 6.40. The maximum atomic E-state index is 11.4. The Balaban J connectivity index is 0.00000256. The SMILES string of the molecule is CCNC(=O)CN1CCC(CCNC)CC1.Cl. The van der Waals surface area contributed by atoms with Crippen molar-refractivity contribution in [2.75, 3.05) is 39.8 Å². The van der Waals surface area contributed by atoms with Gasteiger partial charge in [-0.25, -0.2) is 0 Å². The molecule has 1 fully saturated rings. The molecule has 0 radical (unpaired) electrons. The van der Waals surface area contributed by atoms with Gasteiger partial charge in [-0.2, -0.15) is 0 Å². The molecule has 0 aliphatic carbocycles. The second-order valence-corrected chi connectivity index (χ2v) is 4.57. The van der Waals surface area contributed by atoms with Crippen molar-refractivity contribution in [3.63, 3.8) is 0 Å². The van der Waals surface area contributed by atoms with Gasteiger partial charge in [0.05, 0.1) is 6.54 Å². The second-order valence-electron chi connectivity index (χ2n) is 4.57. The van der Waals surface area contributed by atoms with E-state index in [4.69, 9.17) is 0 Å². The highest BCUT2D eigenvalue weighted by Crippen LogP contribution is 2.19. The number of likely N-dealkylation sites (N-methyl/N-ethyl adjacent to an activating group) is 1. The molecule has 0 aromatic rings. The predicted molar refractivity (Wildman–Crippen MR) is 73.6 cm³/mol. The fourth-order valence-electron chi connectivity index (χ4n) is 2.24. The molecule has 2 N–H and O–H groups in total. The Labute approximate surface area is 111 Å². The zero-order valence-electron chi connectivity index (χ0n) is 11.0. The van der Waals surface area contributed by atoms with Gasteiger partial charge in [-0.1, -0.05) is 0 Å². The quantitative estimate of drug-likeness (QED) is 0.747. The number of amides is 1. The smallest absolute Gasteiger partial charge is 0.234 e. The number of hydrogen-bond acceptors (Lipinski definition) is 3. The number of likely N-dealkylation sites (tertiary alicyclic amines) is 1. The number of piperidine rings is 1. The Morgan fingerprint density at radius 3 is 2.53 bits per heavy atom. The van der Waals surface area contributed by atoms with Crippen LogP contribution in [0.1, 0.15) is 26.2 Å². The van der Waals surface area contributed by atoms with Crippen LogP contribution in [0.5, 0.6) is 0 Å². The van der Waals surface area contributed by atoms with Gasteiger partial charge in [0.1, 0.15) is 0 Å². The molecule has 1 saturated heterocycles. The lowest BCUT2D eigenvalue weighted by atomic mass is 9.93. The molecule has 5 heteroatoms. The van der Waals surface area contributed by atoms with E-state index in [0.29, 0.717) is 6.54 Å². The van der Waals surface area contributed by atoms with Crippen LogP contribution in [0.25, 0.3) is 0 Å². The van der Waals surface area contributed by atoms with Crippen LogP contribution in [0.2, 0.25) is 0 Å². The van der Waals surface area contributed by atoms with Gasteiger partial charge in [-0.15, -0.1) is 12.4 Å². The van der Waals surface area contributed by atoms with Gasteiger partial charge in [-0.3, -0.25) is 9.69 Å². The van der Waals surface area contributed by atoms with Gasteiger partial charge >= 0.3 is 0 Å². The minimum atomic E-state index is 0. The summed E-state index contributed by atoms with van der Waals surface area (Å²) >= 11 is 0. The third-order valence-corrected chi connectivity index (χ3v) is 3.25. The van der Waals surface area contributed by atoms with E-state index >= 15 is 0 Å². The van der Waals surface area contributed by atoms with Crippen molar-refractivity contribution < 1.29 is 4.79 Å². The molecule has 0 unspecified atom stereocenters. The summed E-state index contributed by atoms with van der Waals surface area (Å²) in [5.41, 5.74) is 0. The Morgan fingerprint density at radius 1 is 1.35 bits per heavy atom. The molecule has 0 saturated carbocycles. The average Bonchev–Trinajstić information content (AvgIpc) is 2.28. The van der Waals surface area contributed by atoms with Crippen molar-refractivity contribution in [2.24, 2.45) is 5.92 Å². The van der Waals surface area contributed by atoms with Crippen LogP contribution >= 0.6 is 12.4 Å². The molecular formula is C12H26ClN3O. The molecule has 102 valence electrons. The van der Waals surface area contributed by atoms with E-state index in [9.17, 15) is 4.79 Å². The van der Waals surface area contributed by atoms with Crippen molar-refractivity contribution in [1.29, 1.82) is 0 Å². The molecule has 0 spiro atoms. The molecule has 0 atom stereocenters. The van der Waals surface area contributed by atoms with Crippen LogP contribution < -0.4 is 10.6 Å². The monoisotopic (exact) mass is 263 g/mol. The molecule has 17 heavy (non-hydrogen) atoms. The van der Waals surface area contributed by atoms with Crippen molar-refractivity contribution in [1.82, 2.24) is 15.5 Å². The van der Waals surface area contributed by atoms with Crippen molar-refractivity contribution >= 4 is 18.3 Å². The minimum absolute atomic E-state index is 0. The largest absolute Gasteiger partial charge is 0.355 e. The van der Waals surface area contributed by atoms with Crippen molar-refractivity contribution in [3.05, 3.63) is 0 Å². The van der Waals surface area contributed by atoms with Crippen LogP contribution in [0.3, 0.4) is 0 Å². The van der Waals surface area contributed by atoms with Crippen LogP contribution in [0.15, 0.2) is 0 Å². The highest BCUT2D eigenvalue weighted by molar-refractivity contribution is 5.85. The summed E-state index contributed by atoms with van der Waals surface area (Å²) in [6.07, 6.45) is 3.74. The summed E-state index contributed by atoms with van der Waals surface area (Å²) in [5, 5.41) is 6.05. The van der Waals surface area contributed by atoms with Crippen LogP contribution in [0, 0.1) is 5.92 Å². The fourth-order valence-corrected chi connectivity index (χ4v) is 2.24. The number of nitrogens with zero attached hydrogens (tertiary/aromatic N) is 1. The van der Waals surface area contributed by atoms with E-state index in [2.05, 4.69) is 15.5 Å². The summed E-state index contributed by atoms with van der Waals surface area (Å²) in [7, 11) is 2.00. The van der Waals surface area contributed by atoms with Gasteiger partial charge in [-0.05, 0) is 58.8 Å². The lowest BCUT2D eigenvalue weighted by molar-refractivity contribution is -0.122. The van der Waals surface area contributed by atoms with Crippen LogP contribution in [-0.4, -0.2) is 50.6 Å². The fraction of sp³-hybridized carbons (Fsp3) is 0.917. The van der Waals surface area contributed by atoms with Crippen molar-refractivity contribution in [2.45, 2.75) is 26.2 Å². The molecule has 1 amide bonds. The van der Waals surface area contributed by atoms with E-state index in [1.54, 1.807) is 0 Å². The third kappa shape index (κ3) is 6.86. The van der Waals surface area contributed by atoms with E-state index in [-0.39, 0.29) is 18.3 Å². The van der Waals surface area contributed by atoms with Crippen LogP contribution in [-0.2, 0) is 4.79 Å². The van der Waals surface area contributed by atoms with Crippen molar-refractivity contribution in [3.8, 4) is 0 Å². The molecule has 1 aliphatic heterocycles. The summed E-state index contributed by atoms with van der Waals surface area (Å²) in [6.45, 7) is 6.53. The van der Waals surface area contributed by atoms with E-state index in [1.807, 2.05) is 14.0 Å². The molecule has 0 aromatic heterocycles. The summed E-state index contributed by atoms with van der Waals surface area (Å²) in [5.74, 6) is 1.01. The molecule has 1 rings (SSSR count). The number of rotatable bonds is 6. The maximum absolute atomic E-state index is 11.4. The molecule has 0 bridgehead atoms. The number of halogens is 1. The zero-order valence-corrected chi connectivity index (χ0v) is 11.8. The number of carbonyl (C=O) groups excluding carboxylic acids is 1. The lowest BCUT2D eigenvalue weighted by Gasteiger charge is -2.31. The Kier molecular flexibility index (Phi) is 9.50. The van der Waals surface area contributed by atoms with Crippen LogP contribution in [0.4, 0.5) is 0 Å². The minimum Gasteiger partial charge on any atom is -0.355 e. The molecule has 1 aliphatic rings. The highest BCUT2D eigenvalue weighted by atomic mass is 35.5. The Bertz CT molecular complexity index is 206. The zero-order chi connectivity index (χ0) is 11.8. The molecule has 4 nitrogen and oxygen atoms in total. The summed E-state index contributed by atoms with van der Waals surface area (Å²) in [6, 6.07) is 0. The lowest BCUT2D eigenvalue weighted by Crippen LogP contribution is -2.41. The van der Waals surface area contributed by atoms with Gasteiger partial charge in [0.2, 0.25) is 5.91 Å². The molecule has 1 heterocycles. The molecular weight excluding hydrogens is 238 g/mol. The predicted octanol–water partition coefficient (Wildman–Crippen LogP) is 0.866. The first kappa shape index (κ1) is 16.7. The Hall–Kier alpha value is -0.320. The van der Waals surface area contributed by atoms with Gasteiger partial charge in [0, 0.05) is 6.54 Å². The number of nitrogens with one attached hydrogen (secondary N) is 2. The van der Waals surface area contributed by atoms with E-state index in [1.165, 1.54) is 19.3 Å². The Morgan fingerprint density at radius 2 is 2.00 bits per heavy atom. The standard InChI is InChI=1S/C12H25N3O.ClH/c1-3-14-12(16)10-15-8-5-11(6-9-15)4-7-13-2;/h11,13H,3-10H2,1-2H3,(H,14,16);1H. The second kappa shape index (κ2) is 9.68. The average molecular weight is 264 g/mol. The first-order chi connectivity index (χ1) is 7.76. The molecule has 0 aromatic carbocycles. The van der Waals surface area contributed by atoms with E-state index in [0.717, 1.165) is 32.1 Å². The normalized spacial score (nSPS) is 17.5. The topological polar surface area (TPSA) is 44.4 Å². The van der Waals surface area contributed by atoms with Gasteiger partial charge < -0.3 is 10.6 Å². The summed E-state index contributed by atoms with van der Waals surface area (Å²) < 4.78 is 0. The van der Waals surface area contributed by atoms with E-state index < -0.39 is 0 Å². The highest BCUT2D eigenvalue weighted by Gasteiger charge is 2.19. The van der Waals surface area contributed by atoms with Gasteiger partial charge in [0.15, 0.2) is 0 Å². The third-order valence-electron chi connectivity index (χ3n) is 3.25. The first-order valence-corrected chi connectivity index (χ1v) is 6.40. The summed E-state index contributed by atoms with van der Waals surface area (Å²) in [4.78, 5) is 13.7. The number of carbonyl (C=O) groups is 1. The van der Waals surface area contributed by atoms with Gasteiger partial charge in [0.25, 0.3) is 0 Å².